The van der Waals surface area contributed by atoms with E-state index in [1.165, 1.54) is 19.3 Å². The topological polar surface area (TPSA) is 73.9 Å². The molecule has 3 fully saturated rings. The normalized spacial score (nSPS) is 25.9. The van der Waals surface area contributed by atoms with Crippen molar-refractivity contribution >= 4 is 23.3 Å². The first kappa shape index (κ1) is 19.2. The van der Waals surface area contributed by atoms with Crippen molar-refractivity contribution in [3.63, 3.8) is 0 Å². The molecule has 0 aliphatic carbocycles. The van der Waals surface area contributed by atoms with Crippen LogP contribution in [-0.4, -0.2) is 61.8 Å². The first-order valence-corrected chi connectivity index (χ1v) is 10.4. The summed E-state index contributed by atoms with van der Waals surface area (Å²) in [6.45, 7) is 6.16. The molecule has 2 atom stereocenters. The zero-order valence-electron chi connectivity index (χ0n) is 16.6. The van der Waals surface area contributed by atoms with E-state index in [2.05, 4.69) is 15.5 Å². The van der Waals surface area contributed by atoms with Crippen LogP contribution in [0.5, 0.6) is 0 Å². The van der Waals surface area contributed by atoms with E-state index in [9.17, 15) is 9.59 Å². The molecule has 0 bridgehead atoms. The van der Waals surface area contributed by atoms with Crippen molar-refractivity contribution in [1.29, 1.82) is 0 Å². The molecule has 3 amide bonds. The van der Waals surface area contributed by atoms with E-state index in [4.69, 9.17) is 4.74 Å². The van der Waals surface area contributed by atoms with Gasteiger partial charge in [0.1, 0.15) is 0 Å². The molecule has 0 aromatic heterocycles. The smallest absolute Gasteiger partial charge is 0.319 e. The second-order valence-electron chi connectivity index (χ2n) is 8.06. The molecule has 0 radical (unpaired) electrons. The van der Waals surface area contributed by atoms with Gasteiger partial charge in [-0.25, -0.2) is 4.79 Å². The maximum atomic E-state index is 12.5. The van der Waals surface area contributed by atoms with E-state index in [1.54, 1.807) is 0 Å². The van der Waals surface area contributed by atoms with E-state index >= 15 is 0 Å². The van der Waals surface area contributed by atoms with Crippen molar-refractivity contribution < 1.29 is 14.3 Å². The van der Waals surface area contributed by atoms with Crippen LogP contribution in [0.25, 0.3) is 0 Å². The third-order valence-corrected chi connectivity index (χ3v) is 6.05. The largest absolute Gasteiger partial charge is 0.378 e. The lowest BCUT2D eigenvalue weighted by Gasteiger charge is -2.34. The molecule has 3 aliphatic heterocycles. The Bertz CT molecular complexity index is 732. The highest BCUT2D eigenvalue weighted by Gasteiger charge is 2.34. The van der Waals surface area contributed by atoms with Crippen LogP contribution in [0.2, 0.25) is 0 Å². The highest BCUT2D eigenvalue weighted by atomic mass is 16.5. The van der Waals surface area contributed by atoms with Gasteiger partial charge in [-0.3, -0.25) is 9.69 Å². The highest BCUT2D eigenvalue weighted by molar-refractivity contribution is 5.96. The average Bonchev–Trinajstić information content (AvgIpc) is 3.31. The van der Waals surface area contributed by atoms with Gasteiger partial charge >= 0.3 is 6.03 Å². The van der Waals surface area contributed by atoms with Gasteiger partial charge in [-0.15, -0.1) is 0 Å². The zero-order chi connectivity index (χ0) is 19.5. The number of ether oxygens (including phenoxy) is 1. The van der Waals surface area contributed by atoms with Crippen molar-refractivity contribution in [2.24, 2.45) is 0 Å². The van der Waals surface area contributed by atoms with Crippen LogP contribution >= 0.6 is 0 Å². The number of aryl methyl sites for hydroxylation is 1. The second-order valence-corrected chi connectivity index (χ2v) is 8.06. The molecule has 7 heteroatoms. The van der Waals surface area contributed by atoms with Crippen molar-refractivity contribution in [3.05, 3.63) is 23.8 Å². The van der Waals surface area contributed by atoms with Gasteiger partial charge in [-0.05, 0) is 63.0 Å². The lowest BCUT2D eigenvalue weighted by atomic mass is 10.1. The summed E-state index contributed by atoms with van der Waals surface area (Å²) in [6, 6.07) is 5.77. The summed E-state index contributed by atoms with van der Waals surface area (Å²) in [5.74, 6) is 0.173. The Balaban J connectivity index is 1.35. The summed E-state index contributed by atoms with van der Waals surface area (Å²) < 4.78 is 5.65. The lowest BCUT2D eigenvalue weighted by molar-refractivity contribution is -0.117. The number of anilines is 2. The Hall–Kier alpha value is -2.12. The molecule has 0 spiro atoms. The Morgan fingerprint density at radius 1 is 1.11 bits per heavy atom. The SMILES string of the molecule is Cc1cc(NC(=O)NC2COCC2N2CCCCC2)ccc1N1CCCC1=O. The van der Waals surface area contributed by atoms with Gasteiger partial charge in [-0.2, -0.15) is 0 Å². The number of nitrogens with zero attached hydrogens (tertiary/aromatic N) is 2. The molecule has 2 unspecified atom stereocenters. The van der Waals surface area contributed by atoms with Crippen LogP contribution in [0.3, 0.4) is 0 Å². The molecule has 28 heavy (non-hydrogen) atoms. The zero-order valence-corrected chi connectivity index (χ0v) is 16.6. The van der Waals surface area contributed by atoms with E-state index in [0.717, 1.165) is 43.0 Å². The summed E-state index contributed by atoms with van der Waals surface area (Å²) >= 11 is 0. The van der Waals surface area contributed by atoms with Crippen molar-refractivity contribution in [3.8, 4) is 0 Å². The van der Waals surface area contributed by atoms with Crippen LogP contribution in [0.4, 0.5) is 16.2 Å². The van der Waals surface area contributed by atoms with Crippen LogP contribution in [0.15, 0.2) is 18.2 Å². The number of amides is 3. The number of carbonyl (C=O) groups excluding carboxylic acids is 2. The van der Waals surface area contributed by atoms with Crippen LogP contribution in [-0.2, 0) is 9.53 Å². The molecule has 152 valence electrons. The van der Waals surface area contributed by atoms with Crippen LogP contribution < -0.4 is 15.5 Å². The number of benzene rings is 1. The third-order valence-electron chi connectivity index (χ3n) is 6.05. The highest BCUT2D eigenvalue weighted by Crippen LogP contribution is 2.27. The summed E-state index contributed by atoms with van der Waals surface area (Å²) in [5.41, 5.74) is 2.66. The third kappa shape index (κ3) is 4.15. The van der Waals surface area contributed by atoms with Gasteiger partial charge in [-0.1, -0.05) is 6.42 Å². The summed E-state index contributed by atoms with van der Waals surface area (Å²) in [4.78, 5) is 28.8. The first-order valence-electron chi connectivity index (χ1n) is 10.4. The van der Waals surface area contributed by atoms with E-state index in [1.807, 2.05) is 30.0 Å². The van der Waals surface area contributed by atoms with Gasteiger partial charge in [0.25, 0.3) is 0 Å². The molecule has 3 aliphatic rings. The van der Waals surface area contributed by atoms with Gasteiger partial charge in [0.05, 0.1) is 25.3 Å². The maximum absolute atomic E-state index is 12.5. The maximum Gasteiger partial charge on any atom is 0.319 e. The Morgan fingerprint density at radius 2 is 1.93 bits per heavy atom. The number of piperidine rings is 1. The fraction of sp³-hybridized carbons (Fsp3) is 0.619. The summed E-state index contributed by atoms with van der Waals surface area (Å²) in [6.07, 6.45) is 5.26. The summed E-state index contributed by atoms with van der Waals surface area (Å²) in [7, 11) is 0. The van der Waals surface area contributed by atoms with E-state index in [-0.39, 0.29) is 24.0 Å². The number of rotatable bonds is 4. The molecular formula is C21H30N4O3. The number of nitrogens with one attached hydrogen (secondary N) is 2. The number of hydrogen-bond donors (Lipinski definition) is 2. The molecule has 0 saturated carbocycles. The fourth-order valence-corrected chi connectivity index (χ4v) is 4.57. The predicted octanol–water partition coefficient (Wildman–Crippen LogP) is 2.50. The molecule has 1 aromatic carbocycles. The number of likely N-dealkylation sites (tertiary alicyclic amines) is 1. The number of carbonyl (C=O) groups is 2. The molecule has 2 N–H and O–H groups in total. The van der Waals surface area contributed by atoms with Crippen molar-refractivity contribution in [2.75, 3.05) is 43.1 Å². The standard InChI is InChI=1S/C21H30N4O3/c1-15-12-16(7-8-18(15)25-11-5-6-20(25)26)22-21(27)23-17-13-28-14-19(17)24-9-3-2-4-10-24/h7-8,12,17,19H,2-6,9-11,13-14H2,1H3,(H2,22,23,27). The molecule has 4 rings (SSSR count). The van der Waals surface area contributed by atoms with Gasteiger partial charge in [0.15, 0.2) is 0 Å². The van der Waals surface area contributed by atoms with E-state index in [0.29, 0.717) is 19.6 Å². The molecule has 7 nitrogen and oxygen atoms in total. The first-order chi connectivity index (χ1) is 13.6. The van der Waals surface area contributed by atoms with Gasteiger partial charge in [0, 0.05) is 24.3 Å². The number of hydrogen-bond acceptors (Lipinski definition) is 4. The average molecular weight is 386 g/mol. The minimum atomic E-state index is -0.207. The van der Waals surface area contributed by atoms with Crippen molar-refractivity contribution in [1.82, 2.24) is 10.2 Å². The monoisotopic (exact) mass is 386 g/mol. The minimum absolute atomic E-state index is 0.0145. The van der Waals surface area contributed by atoms with Crippen molar-refractivity contribution in [2.45, 2.75) is 51.1 Å². The molecular weight excluding hydrogens is 356 g/mol. The quantitative estimate of drug-likeness (QED) is 0.834. The Morgan fingerprint density at radius 3 is 2.64 bits per heavy atom. The Kier molecular flexibility index (Phi) is 5.82. The molecule has 3 heterocycles. The lowest BCUT2D eigenvalue weighted by Crippen LogP contribution is -2.53. The number of urea groups is 1. The Labute approximate surface area is 166 Å². The van der Waals surface area contributed by atoms with Gasteiger partial charge < -0.3 is 20.3 Å². The second kappa shape index (κ2) is 8.49. The van der Waals surface area contributed by atoms with Crippen LogP contribution in [0.1, 0.15) is 37.7 Å². The molecule has 3 saturated heterocycles. The fourth-order valence-electron chi connectivity index (χ4n) is 4.57. The van der Waals surface area contributed by atoms with Crippen LogP contribution in [0, 0.1) is 6.92 Å². The van der Waals surface area contributed by atoms with E-state index < -0.39 is 0 Å². The summed E-state index contributed by atoms with van der Waals surface area (Å²) in [5, 5.41) is 6.02. The molecule has 1 aromatic rings. The predicted molar refractivity (Wildman–Crippen MR) is 109 cm³/mol. The minimum Gasteiger partial charge on any atom is -0.378 e. The van der Waals surface area contributed by atoms with Gasteiger partial charge in [0.2, 0.25) is 5.91 Å².